The van der Waals surface area contributed by atoms with E-state index in [9.17, 15) is 0 Å². The highest BCUT2D eigenvalue weighted by Gasteiger charge is 2.25. The Labute approximate surface area is 403 Å². The van der Waals surface area contributed by atoms with Crippen molar-refractivity contribution >= 4 is 21.8 Å². The zero-order valence-electron chi connectivity index (χ0n) is 38.2. The summed E-state index contributed by atoms with van der Waals surface area (Å²) in [5, 5.41) is 2.72. The quantitative estimate of drug-likeness (QED) is 0.136. The van der Waals surface area contributed by atoms with Gasteiger partial charge in [-0.05, 0) is 180 Å². The van der Waals surface area contributed by atoms with Crippen molar-refractivity contribution < 1.29 is 0 Å². The van der Waals surface area contributed by atoms with E-state index >= 15 is 0 Å². The van der Waals surface area contributed by atoms with E-state index in [0.717, 1.165) is 18.5 Å². The van der Waals surface area contributed by atoms with Gasteiger partial charge in [0.1, 0.15) is 0 Å². The molecule has 1 aliphatic rings. The van der Waals surface area contributed by atoms with Crippen molar-refractivity contribution in [2.24, 2.45) is 0 Å². The zero-order chi connectivity index (χ0) is 45.7. The van der Waals surface area contributed by atoms with Gasteiger partial charge in [0.05, 0.1) is 11.0 Å². The second-order valence-corrected chi connectivity index (χ2v) is 18.5. The molecule has 0 aliphatic heterocycles. The third-order valence-corrected chi connectivity index (χ3v) is 14.1. The number of hydrogen-bond donors (Lipinski definition) is 0. The third kappa shape index (κ3) is 7.55. The number of aromatic nitrogens is 1. The van der Waals surface area contributed by atoms with E-state index in [0.29, 0.717) is 0 Å². The number of rotatable bonds is 9. The van der Waals surface area contributed by atoms with Crippen LogP contribution in [0.1, 0.15) is 11.1 Å². The van der Waals surface area contributed by atoms with E-state index in [2.05, 4.69) is 265 Å². The standard InChI is InChI=1S/C68H47N/c1-7-19-46(20-8-1)54-35-55(47-21-9-2-10-22-47)38-58(37-54)62-33-52-31-32-53-34-63(59-39-56(48-23-11-3-12-24-48)36-57(40-59)49-25-13-4-14-26-49)45-66-68(53)67(52)65(44-62)69(66)64-42-60(50-27-15-5-16-28-50)41-61(43-64)51-29-17-6-18-30-51/h1-30,33-45H,31-32H2. The average molecular weight is 878 g/mol. The molecule has 0 bridgehead atoms. The summed E-state index contributed by atoms with van der Waals surface area (Å²) in [5.41, 5.74) is 25.8. The van der Waals surface area contributed by atoms with Crippen LogP contribution in [0, 0.1) is 0 Å². The summed E-state index contributed by atoms with van der Waals surface area (Å²) in [6.07, 6.45) is 1.92. The van der Waals surface area contributed by atoms with Gasteiger partial charge in [-0.25, -0.2) is 0 Å². The molecule has 0 saturated carbocycles. The lowest BCUT2D eigenvalue weighted by molar-refractivity contribution is 0.970. The van der Waals surface area contributed by atoms with E-state index in [4.69, 9.17) is 0 Å². The summed E-state index contributed by atoms with van der Waals surface area (Å²) in [5.74, 6) is 0. The maximum absolute atomic E-state index is 2.59. The Morgan fingerprint density at radius 3 is 0.681 bits per heavy atom. The molecule has 13 rings (SSSR count). The summed E-state index contributed by atoms with van der Waals surface area (Å²) < 4.78 is 2.59. The first kappa shape index (κ1) is 40.5. The van der Waals surface area contributed by atoms with Crippen molar-refractivity contribution in [3.63, 3.8) is 0 Å². The predicted octanol–water partition coefficient (Wildman–Crippen LogP) is 18.2. The smallest absolute Gasteiger partial charge is 0.0550 e. The topological polar surface area (TPSA) is 4.93 Å². The molecule has 0 radical (unpaired) electrons. The number of hydrogen-bond acceptors (Lipinski definition) is 0. The minimum Gasteiger partial charge on any atom is -0.309 e. The summed E-state index contributed by atoms with van der Waals surface area (Å²) in [6, 6.07) is 96.3. The molecule has 0 spiro atoms. The maximum Gasteiger partial charge on any atom is 0.0550 e. The highest BCUT2D eigenvalue weighted by Crippen LogP contribution is 2.46. The Bertz CT molecular complexity index is 3470. The van der Waals surface area contributed by atoms with Crippen LogP contribution in [0.2, 0.25) is 0 Å². The van der Waals surface area contributed by atoms with Crippen molar-refractivity contribution in [1.29, 1.82) is 0 Å². The summed E-state index contributed by atoms with van der Waals surface area (Å²) >= 11 is 0. The molecule has 0 amide bonds. The van der Waals surface area contributed by atoms with Crippen LogP contribution >= 0.6 is 0 Å². The van der Waals surface area contributed by atoms with Crippen LogP contribution in [0.25, 0.3) is 117 Å². The maximum atomic E-state index is 2.59. The van der Waals surface area contributed by atoms with Crippen LogP contribution in [-0.2, 0) is 12.8 Å². The van der Waals surface area contributed by atoms with Crippen LogP contribution < -0.4 is 0 Å². The highest BCUT2D eigenvalue weighted by atomic mass is 15.0. The molecular formula is C68H47N. The molecule has 1 heteroatoms. The van der Waals surface area contributed by atoms with Gasteiger partial charge < -0.3 is 4.57 Å². The fourth-order valence-electron chi connectivity index (χ4n) is 10.8. The first-order valence-electron chi connectivity index (χ1n) is 24.1. The van der Waals surface area contributed by atoms with Crippen molar-refractivity contribution in [2.75, 3.05) is 0 Å². The van der Waals surface area contributed by atoms with E-state index in [1.54, 1.807) is 0 Å². The van der Waals surface area contributed by atoms with Crippen LogP contribution in [0.5, 0.6) is 0 Å². The summed E-state index contributed by atoms with van der Waals surface area (Å²) in [7, 11) is 0. The van der Waals surface area contributed by atoms with Gasteiger partial charge in [0, 0.05) is 16.5 Å². The van der Waals surface area contributed by atoms with E-state index in [1.807, 2.05) is 0 Å². The Balaban J connectivity index is 1.11. The van der Waals surface area contributed by atoms with Crippen molar-refractivity contribution in [2.45, 2.75) is 12.8 Å². The first-order chi connectivity index (χ1) is 34.2. The number of aryl methyl sites for hydroxylation is 2. The molecule has 0 atom stereocenters. The molecule has 0 unspecified atom stereocenters. The van der Waals surface area contributed by atoms with Crippen LogP contribution in [0.15, 0.2) is 261 Å². The molecule has 1 nitrogen and oxygen atoms in total. The molecular weight excluding hydrogens is 831 g/mol. The highest BCUT2D eigenvalue weighted by molar-refractivity contribution is 6.15. The Morgan fingerprint density at radius 2 is 0.420 bits per heavy atom. The van der Waals surface area contributed by atoms with Crippen LogP contribution in [0.3, 0.4) is 0 Å². The molecule has 1 aliphatic carbocycles. The van der Waals surface area contributed by atoms with Gasteiger partial charge in [-0.1, -0.05) is 194 Å². The molecule has 324 valence electrons. The fourth-order valence-corrected chi connectivity index (χ4v) is 10.8. The minimum absolute atomic E-state index is 0.961. The second-order valence-electron chi connectivity index (χ2n) is 18.5. The number of benzene rings is 11. The fraction of sp³-hybridized carbons (Fsp3) is 0.0294. The van der Waals surface area contributed by atoms with Gasteiger partial charge in [-0.3, -0.25) is 0 Å². The van der Waals surface area contributed by atoms with Crippen LogP contribution in [-0.4, -0.2) is 4.57 Å². The Morgan fingerprint density at radius 1 is 0.203 bits per heavy atom. The second kappa shape index (κ2) is 17.1. The van der Waals surface area contributed by atoms with Crippen LogP contribution in [0.4, 0.5) is 0 Å². The van der Waals surface area contributed by atoms with Gasteiger partial charge in [0.15, 0.2) is 0 Å². The van der Waals surface area contributed by atoms with E-state index in [-0.39, 0.29) is 0 Å². The lowest BCUT2D eigenvalue weighted by Gasteiger charge is -2.17. The van der Waals surface area contributed by atoms with Gasteiger partial charge in [0.25, 0.3) is 0 Å². The average Bonchev–Trinajstić information content (AvgIpc) is 3.78. The summed E-state index contributed by atoms with van der Waals surface area (Å²) in [6.45, 7) is 0. The molecule has 12 aromatic rings. The van der Waals surface area contributed by atoms with Gasteiger partial charge >= 0.3 is 0 Å². The molecule has 69 heavy (non-hydrogen) atoms. The largest absolute Gasteiger partial charge is 0.309 e. The van der Waals surface area contributed by atoms with Crippen molar-refractivity contribution in [3.05, 3.63) is 272 Å². The molecule has 1 heterocycles. The van der Waals surface area contributed by atoms with Gasteiger partial charge in [-0.2, -0.15) is 0 Å². The predicted molar refractivity (Wildman–Crippen MR) is 292 cm³/mol. The van der Waals surface area contributed by atoms with Gasteiger partial charge in [-0.15, -0.1) is 0 Å². The lowest BCUT2D eigenvalue weighted by atomic mass is 9.86. The lowest BCUT2D eigenvalue weighted by Crippen LogP contribution is -2.00. The van der Waals surface area contributed by atoms with E-state index < -0.39 is 0 Å². The summed E-state index contributed by atoms with van der Waals surface area (Å²) in [4.78, 5) is 0. The Kier molecular flexibility index (Phi) is 10.1. The molecule has 0 N–H and O–H groups in total. The minimum atomic E-state index is 0.961. The van der Waals surface area contributed by atoms with Crippen molar-refractivity contribution in [3.8, 4) is 94.7 Å². The molecule has 0 fully saturated rings. The van der Waals surface area contributed by atoms with E-state index in [1.165, 1.54) is 122 Å². The SMILES string of the molecule is c1ccc(-c2cc(-c3ccccc3)cc(-c3cc4c5c6c(cc(-c7cc(-c8ccccc8)cc(-c8ccccc8)c7)cc6n(-c6cc(-c7ccccc7)cc(-c7ccccc7)c6)c5c3)CC4)c2)cc1. The molecule has 11 aromatic carbocycles. The molecule has 1 aromatic heterocycles. The Hall–Kier alpha value is -8.78. The normalized spacial score (nSPS) is 11.9. The van der Waals surface area contributed by atoms with Crippen molar-refractivity contribution in [1.82, 2.24) is 4.57 Å². The first-order valence-corrected chi connectivity index (χ1v) is 24.1. The number of nitrogens with zero attached hydrogens (tertiary/aromatic N) is 1. The monoisotopic (exact) mass is 877 g/mol. The van der Waals surface area contributed by atoms with Gasteiger partial charge in [0.2, 0.25) is 0 Å². The third-order valence-electron chi connectivity index (χ3n) is 14.1. The molecule has 0 saturated heterocycles. The zero-order valence-corrected chi connectivity index (χ0v) is 38.2.